The van der Waals surface area contributed by atoms with E-state index in [2.05, 4.69) is 0 Å². The summed E-state index contributed by atoms with van der Waals surface area (Å²) in [7, 11) is 0. The number of hydrogen-bond donors (Lipinski definition) is 2. The number of alkyl halides is 3. The minimum atomic E-state index is -3.91. The highest BCUT2D eigenvalue weighted by molar-refractivity contribution is 5.22. The molecule has 0 heterocycles. The quantitative estimate of drug-likeness (QED) is 0.692. The summed E-state index contributed by atoms with van der Waals surface area (Å²) in [5.41, 5.74) is -2.53. The maximum absolute atomic E-state index is 13.0. The summed E-state index contributed by atoms with van der Waals surface area (Å²) in [5.74, 6) is -3.91. The Labute approximate surface area is 73.0 Å². The molecule has 2 nitrogen and oxygen atoms in total. The van der Waals surface area contributed by atoms with Gasteiger partial charge in [-0.25, -0.2) is 13.2 Å². The van der Waals surface area contributed by atoms with Crippen molar-refractivity contribution in [2.24, 2.45) is 0 Å². The summed E-state index contributed by atoms with van der Waals surface area (Å²) in [6.45, 7) is 0. The third-order valence-electron chi connectivity index (χ3n) is 1.94. The summed E-state index contributed by atoms with van der Waals surface area (Å²) >= 11 is 0. The fraction of sp³-hybridized carbons (Fsp3) is 0.500. The SMILES string of the molecule is O[C@](F)(C(F)F)[C@]1(O)C=CC=CC1. The number of hydrogen-bond acceptors (Lipinski definition) is 2. The van der Waals surface area contributed by atoms with Crippen molar-refractivity contribution in [3.8, 4) is 0 Å². The number of halogens is 3. The van der Waals surface area contributed by atoms with Crippen molar-refractivity contribution < 1.29 is 23.4 Å². The lowest BCUT2D eigenvalue weighted by Gasteiger charge is -2.34. The minimum Gasteiger partial charge on any atom is -0.379 e. The van der Waals surface area contributed by atoms with Gasteiger partial charge in [0.05, 0.1) is 0 Å². The molecule has 1 aliphatic carbocycles. The number of allylic oxidation sites excluding steroid dienone is 2. The van der Waals surface area contributed by atoms with Gasteiger partial charge in [0, 0.05) is 6.42 Å². The van der Waals surface area contributed by atoms with E-state index in [0.717, 1.165) is 6.08 Å². The van der Waals surface area contributed by atoms with Gasteiger partial charge in [-0.15, -0.1) is 0 Å². The molecule has 2 atom stereocenters. The lowest BCUT2D eigenvalue weighted by Crippen LogP contribution is -2.54. The third-order valence-corrected chi connectivity index (χ3v) is 1.94. The van der Waals surface area contributed by atoms with Gasteiger partial charge in [-0.05, 0) is 6.08 Å². The van der Waals surface area contributed by atoms with Crippen LogP contribution in [0.2, 0.25) is 0 Å². The van der Waals surface area contributed by atoms with Gasteiger partial charge in [0.15, 0.2) is 5.60 Å². The Bertz CT molecular complexity index is 248. The molecule has 74 valence electrons. The molecule has 0 spiro atoms. The minimum absolute atomic E-state index is 0.374. The van der Waals surface area contributed by atoms with Crippen molar-refractivity contribution in [2.45, 2.75) is 24.3 Å². The standard InChI is InChI=1S/C8H9F3O2/c9-6(10)8(11,13)7(12)4-2-1-3-5-7/h1-4,6,12-13H,5H2/t7-,8+/m0/s1. The summed E-state index contributed by atoms with van der Waals surface area (Å²) in [5, 5.41) is 18.1. The van der Waals surface area contributed by atoms with Crippen LogP contribution in [0.4, 0.5) is 13.2 Å². The van der Waals surface area contributed by atoms with Gasteiger partial charge in [0.2, 0.25) is 0 Å². The Kier molecular flexibility index (Phi) is 2.49. The molecule has 0 bridgehead atoms. The lowest BCUT2D eigenvalue weighted by molar-refractivity contribution is -0.267. The molecule has 0 aliphatic heterocycles. The van der Waals surface area contributed by atoms with Gasteiger partial charge in [0.1, 0.15) is 0 Å². The molecule has 0 saturated carbocycles. The zero-order valence-electron chi connectivity index (χ0n) is 6.62. The zero-order valence-corrected chi connectivity index (χ0v) is 6.62. The zero-order chi connectivity index (χ0) is 10.1. The third kappa shape index (κ3) is 1.62. The molecule has 0 amide bonds. The highest BCUT2D eigenvalue weighted by Crippen LogP contribution is 2.35. The molecule has 13 heavy (non-hydrogen) atoms. The maximum Gasteiger partial charge on any atom is 0.300 e. The van der Waals surface area contributed by atoms with E-state index < -0.39 is 17.9 Å². The molecule has 2 N–H and O–H groups in total. The molecular formula is C8H9F3O2. The average Bonchev–Trinajstić information content (AvgIpc) is 2.05. The normalized spacial score (nSPS) is 32.2. The maximum atomic E-state index is 13.0. The van der Waals surface area contributed by atoms with E-state index in [0.29, 0.717) is 0 Å². The molecule has 1 rings (SSSR count). The predicted molar refractivity (Wildman–Crippen MR) is 39.9 cm³/mol. The van der Waals surface area contributed by atoms with E-state index in [-0.39, 0.29) is 6.42 Å². The van der Waals surface area contributed by atoms with Crippen molar-refractivity contribution in [1.82, 2.24) is 0 Å². The first-order valence-electron chi connectivity index (χ1n) is 3.66. The molecule has 0 saturated heterocycles. The van der Waals surface area contributed by atoms with E-state index in [1.807, 2.05) is 0 Å². The van der Waals surface area contributed by atoms with E-state index in [1.54, 1.807) is 0 Å². The van der Waals surface area contributed by atoms with E-state index in [9.17, 15) is 18.3 Å². The first-order valence-corrected chi connectivity index (χ1v) is 3.66. The number of aliphatic hydroxyl groups is 2. The molecular weight excluding hydrogens is 185 g/mol. The highest BCUT2D eigenvalue weighted by Gasteiger charge is 2.55. The molecule has 0 fully saturated rings. The second kappa shape index (κ2) is 3.16. The van der Waals surface area contributed by atoms with Crippen molar-refractivity contribution in [1.29, 1.82) is 0 Å². The van der Waals surface area contributed by atoms with Gasteiger partial charge in [-0.1, -0.05) is 18.2 Å². The molecule has 1 aliphatic rings. The van der Waals surface area contributed by atoms with Gasteiger partial charge < -0.3 is 10.2 Å². The molecule has 0 aromatic heterocycles. The summed E-state index contributed by atoms with van der Waals surface area (Å²) in [4.78, 5) is 0. The smallest absolute Gasteiger partial charge is 0.300 e. The highest BCUT2D eigenvalue weighted by atomic mass is 19.3. The van der Waals surface area contributed by atoms with Crippen LogP contribution in [0.3, 0.4) is 0 Å². The fourth-order valence-corrected chi connectivity index (χ4v) is 1.06. The van der Waals surface area contributed by atoms with Crippen LogP contribution in [-0.4, -0.2) is 28.1 Å². The van der Waals surface area contributed by atoms with E-state index >= 15 is 0 Å². The van der Waals surface area contributed by atoms with Crippen molar-refractivity contribution in [3.63, 3.8) is 0 Å². The average molecular weight is 194 g/mol. The summed E-state index contributed by atoms with van der Waals surface area (Å²) in [6.07, 6.45) is 0.771. The summed E-state index contributed by atoms with van der Waals surface area (Å²) in [6, 6.07) is 0. The Morgan fingerprint density at radius 1 is 1.38 bits per heavy atom. The van der Waals surface area contributed by atoms with Gasteiger partial charge in [-0.2, -0.15) is 0 Å². The molecule has 5 heteroatoms. The van der Waals surface area contributed by atoms with Crippen LogP contribution in [0.5, 0.6) is 0 Å². The molecule has 0 radical (unpaired) electrons. The van der Waals surface area contributed by atoms with Crippen molar-refractivity contribution in [3.05, 3.63) is 24.3 Å². The summed E-state index contributed by atoms with van der Waals surface area (Å²) < 4.78 is 37.0. The van der Waals surface area contributed by atoms with Crippen LogP contribution < -0.4 is 0 Å². The Morgan fingerprint density at radius 2 is 2.00 bits per heavy atom. The Hall–Kier alpha value is -0.810. The van der Waals surface area contributed by atoms with Crippen LogP contribution in [-0.2, 0) is 0 Å². The van der Waals surface area contributed by atoms with Crippen LogP contribution >= 0.6 is 0 Å². The molecule has 0 aromatic rings. The van der Waals surface area contributed by atoms with Crippen molar-refractivity contribution >= 4 is 0 Å². The second-order valence-corrected chi connectivity index (χ2v) is 2.89. The van der Waals surface area contributed by atoms with Crippen LogP contribution in [0, 0.1) is 0 Å². The largest absolute Gasteiger partial charge is 0.379 e. The van der Waals surface area contributed by atoms with E-state index in [1.165, 1.54) is 18.2 Å². The van der Waals surface area contributed by atoms with Gasteiger partial charge in [0.25, 0.3) is 6.43 Å². The van der Waals surface area contributed by atoms with Crippen LogP contribution in [0.25, 0.3) is 0 Å². The topological polar surface area (TPSA) is 40.5 Å². The Morgan fingerprint density at radius 3 is 2.38 bits per heavy atom. The predicted octanol–water partition coefficient (Wildman–Crippen LogP) is 1.16. The van der Waals surface area contributed by atoms with Crippen LogP contribution in [0.1, 0.15) is 6.42 Å². The van der Waals surface area contributed by atoms with Crippen molar-refractivity contribution in [2.75, 3.05) is 0 Å². The monoisotopic (exact) mass is 194 g/mol. The second-order valence-electron chi connectivity index (χ2n) is 2.89. The fourth-order valence-electron chi connectivity index (χ4n) is 1.06. The Balaban J connectivity index is 2.92. The molecule has 0 unspecified atom stereocenters. The van der Waals surface area contributed by atoms with Crippen LogP contribution in [0.15, 0.2) is 24.3 Å². The first kappa shape index (κ1) is 10.3. The van der Waals surface area contributed by atoms with E-state index in [4.69, 9.17) is 5.11 Å². The van der Waals surface area contributed by atoms with Gasteiger partial charge >= 0.3 is 5.85 Å². The molecule has 0 aromatic carbocycles. The first-order chi connectivity index (χ1) is 5.90. The van der Waals surface area contributed by atoms with Gasteiger partial charge in [-0.3, -0.25) is 0 Å². The number of rotatable bonds is 2. The lowest BCUT2D eigenvalue weighted by atomic mass is 9.87.